The molecule has 0 atom stereocenters. The first kappa shape index (κ1) is 17.1. The summed E-state index contributed by atoms with van der Waals surface area (Å²) in [6, 6.07) is 13.4. The number of hydrogen-bond donors (Lipinski definition) is 1. The van der Waals surface area contributed by atoms with Crippen molar-refractivity contribution < 1.29 is 4.79 Å². The van der Waals surface area contributed by atoms with Crippen LogP contribution in [0.15, 0.2) is 48.7 Å². The molecule has 3 rings (SSSR count). The van der Waals surface area contributed by atoms with E-state index in [1.165, 1.54) is 0 Å². The number of halogens is 1. The van der Waals surface area contributed by atoms with Gasteiger partial charge in [0.2, 0.25) is 5.91 Å². The van der Waals surface area contributed by atoms with Gasteiger partial charge in [0, 0.05) is 38.1 Å². The highest BCUT2D eigenvalue weighted by molar-refractivity contribution is 5.85. The third-order valence-corrected chi connectivity index (χ3v) is 3.91. The van der Waals surface area contributed by atoms with Gasteiger partial charge in [0.1, 0.15) is 5.82 Å². The molecule has 5 nitrogen and oxygen atoms in total. The molecule has 1 aliphatic heterocycles. The molecule has 1 fully saturated rings. The van der Waals surface area contributed by atoms with Gasteiger partial charge in [-0.1, -0.05) is 18.2 Å². The first-order chi connectivity index (χ1) is 10.7. The maximum atomic E-state index is 12.4. The van der Waals surface area contributed by atoms with Crippen LogP contribution < -0.4 is 10.6 Å². The Morgan fingerprint density at radius 3 is 2.52 bits per heavy atom. The Morgan fingerprint density at radius 2 is 1.87 bits per heavy atom. The summed E-state index contributed by atoms with van der Waals surface area (Å²) in [5.41, 5.74) is 7.43. The van der Waals surface area contributed by atoms with Crippen LogP contribution in [0, 0.1) is 0 Å². The average molecular weight is 333 g/mol. The lowest BCUT2D eigenvalue weighted by atomic mass is 10.1. The Balaban J connectivity index is 0.00000192. The molecule has 1 aromatic carbocycles. The maximum Gasteiger partial charge on any atom is 0.227 e. The monoisotopic (exact) mass is 332 g/mol. The van der Waals surface area contributed by atoms with E-state index in [1.807, 2.05) is 47.4 Å². The molecule has 0 spiro atoms. The van der Waals surface area contributed by atoms with Crippen molar-refractivity contribution in [3.8, 4) is 0 Å². The van der Waals surface area contributed by atoms with Crippen molar-refractivity contribution in [1.29, 1.82) is 0 Å². The largest absolute Gasteiger partial charge is 0.399 e. The topological polar surface area (TPSA) is 62.5 Å². The fraction of sp³-hybridized carbons (Fsp3) is 0.294. The number of rotatable bonds is 3. The number of benzene rings is 1. The van der Waals surface area contributed by atoms with E-state index in [2.05, 4.69) is 9.88 Å². The Labute approximate surface area is 142 Å². The number of pyridine rings is 1. The summed E-state index contributed by atoms with van der Waals surface area (Å²) >= 11 is 0. The van der Waals surface area contributed by atoms with E-state index < -0.39 is 0 Å². The number of nitrogens with zero attached hydrogens (tertiary/aromatic N) is 3. The Morgan fingerprint density at radius 1 is 1.09 bits per heavy atom. The number of anilines is 2. The van der Waals surface area contributed by atoms with E-state index in [9.17, 15) is 4.79 Å². The van der Waals surface area contributed by atoms with Crippen molar-refractivity contribution in [2.75, 3.05) is 36.8 Å². The zero-order valence-corrected chi connectivity index (χ0v) is 13.7. The summed E-state index contributed by atoms with van der Waals surface area (Å²) < 4.78 is 0. The summed E-state index contributed by atoms with van der Waals surface area (Å²) in [6.45, 7) is 3.11. The van der Waals surface area contributed by atoms with Gasteiger partial charge in [-0.3, -0.25) is 4.79 Å². The van der Waals surface area contributed by atoms with Crippen LogP contribution in [0.3, 0.4) is 0 Å². The number of nitrogen functional groups attached to an aromatic ring is 1. The molecule has 1 saturated heterocycles. The molecule has 2 aromatic rings. The summed E-state index contributed by atoms with van der Waals surface area (Å²) in [7, 11) is 0. The Kier molecular flexibility index (Phi) is 5.82. The van der Waals surface area contributed by atoms with E-state index >= 15 is 0 Å². The Hall–Kier alpha value is -2.27. The number of aromatic nitrogens is 1. The minimum atomic E-state index is 0. The third kappa shape index (κ3) is 4.36. The number of piperazine rings is 1. The van der Waals surface area contributed by atoms with Crippen LogP contribution in [0.25, 0.3) is 0 Å². The van der Waals surface area contributed by atoms with Crippen LogP contribution in [-0.2, 0) is 11.2 Å². The van der Waals surface area contributed by atoms with Crippen LogP contribution in [-0.4, -0.2) is 42.0 Å². The molecule has 2 heterocycles. The van der Waals surface area contributed by atoms with Crippen molar-refractivity contribution >= 4 is 29.8 Å². The molecule has 23 heavy (non-hydrogen) atoms. The number of nitrogens with two attached hydrogens (primary N) is 1. The van der Waals surface area contributed by atoms with E-state index in [0.717, 1.165) is 37.6 Å². The second-order valence-corrected chi connectivity index (χ2v) is 5.48. The molecule has 6 heteroatoms. The van der Waals surface area contributed by atoms with E-state index in [-0.39, 0.29) is 18.3 Å². The Bertz CT molecular complexity index is 642. The third-order valence-electron chi connectivity index (χ3n) is 3.91. The van der Waals surface area contributed by atoms with Gasteiger partial charge in [0.15, 0.2) is 0 Å². The van der Waals surface area contributed by atoms with Gasteiger partial charge >= 0.3 is 0 Å². The molecular weight excluding hydrogens is 312 g/mol. The highest BCUT2D eigenvalue weighted by atomic mass is 35.5. The fourth-order valence-electron chi connectivity index (χ4n) is 2.72. The van der Waals surface area contributed by atoms with Gasteiger partial charge in [0.25, 0.3) is 0 Å². The number of carbonyl (C=O) groups is 1. The van der Waals surface area contributed by atoms with E-state index in [4.69, 9.17) is 5.73 Å². The van der Waals surface area contributed by atoms with Gasteiger partial charge in [-0.2, -0.15) is 0 Å². The van der Waals surface area contributed by atoms with Crippen LogP contribution in [0.5, 0.6) is 0 Å². The van der Waals surface area contributed by atoms with Crippen LogP contribution in [0.4, 0.5) is 11.5 Å². The van der Waals surface area contributed by atoms with Gasteiger partial charge in [-0.15, -0.1) is 12.4 Å². The van der Waals surface area contributed by atoms with Gasteiger partial charge in [-0.25, -0.2) is 4.98 Å². The van der Waals surface area contributed by atoms with Crippen LogP contribution in [0.1, 0.15) is 5.56 Å². The summed E-state index contributed by atoms with van der Waals surface area (Å²) in [5.74, 6) is 1.14. The van der Waals surface area contributed by atoms with Crippen molar-refractivity contribution in [2.24, 2.45) is 0 Å². The number of carbonyl (C=O) groups excluding carboxylic acids is 1. The summed E-state index contributed by atoms with van der Waals surface area (Å²) in [4.78, 5) is 20.9. The summed E-state index contributed by atoms with van der Waals surface area (Å²) in [6.07, 6.45) is 2.21. The maximum absolute atomic E-state index is 12.4. The highest BCUT2D eigenvalue weighted by Gasteiger charge is 2.21. The fourth-order valence-corrected chi connectivity index (χ4v) is 2.72. The number of amides is 1. The predicted molar refractivity (Wildman–Crippen MR) is 94.8 cm³/mol. The van der Waals surface area contributed by atoms with Gasteiger partial charge < -0.3 is 15.5 Å². The van der Waals surface area contributed by atoms with Crippen molar-refractivity contribution in [2.45, 2.75) is 6.42 Å². The normalized spacial score (nSPS) is 14.3. The molecule has 0 radical (unpaired) electrons. The van der Waals surface area contributed by atoms with Crippen LogP contribution >= 0.6 is 12.4 Å². The second-order valence-electron chi connectivity index (χ2n) is 5.48. The van der Waals surface area contributed by atoms with Crippen molar-refractivity contribution in [1.82, 2.24) is 9.88 Å². The highest BCUT2D eigenvalue weighted by Crippen LogP contribution is 2.14. The van der Waals surface area contributed by atoms with Crippen LogP contribution in [0.2, 0.25) is 0 Å². The lowest BCUT2D eigenvalue weighted by Crippen LogP contribution is -2.49. The first-order valence-corrected chi connectivity index (χ1v) is 7.50. The standard InChI is InChI=1S/C17H20N4O.ClH/c18-15-5-3-4-14(12-15)13-17(22)21-10-8-20(9-11-21)16-6-1-2-7-19-16;/h1-7,12H,8-11,13,18H2;1H. The quantitative estimate of drug-likeness (QED) is 0.873. The SMILES string of the molecule is Cl.Nc1cccc(CC(=O)N2CCN(c3ccccn3)CC2)c1. The zero-order chi connectivity index (χ0) is 15.4. The van der Waals surface area contributed by atoms with Gasteiger partial charge in [0.05, 0.1) is 6.42 Å². The number of hydrogen-bond acceptors (Lipinski definition) is 4. The first-order valence-electron chi connectivity index (χ1n) is 7.50. The van der Waals surface area contributed by atoms with E-state index in [1.54, 1.807) is 6.20 Å². The average Bonchev–Trinajstić information content (AvgIpc) is 2.56. The van der Waals surface area contributed by atoms with Crippen molar-refractivity contribution in [3.05, 3.63) is 54.2 Å². The minimum absolute atomic E-state index is 0. The molecule has 1 amide bonds. The molecule has 2 N–H and O–H groups in total. The minimum Gasteiger partial charge on any atom is -0.399 e. The smallest absolute Gasteiger partial charge is 0.227 e. The lowest BCUT2D eigenvalue weighted by molar-refractivity contribution is -0.130. The summed E-state index contributed by atoms with van der Waals surface area (Å²) in [5, 5.41) is 0. The molecule has 1 aliphatic rings. The molecule has 0 bridgehead atoms. The zero-order valence-electron chi connectivity index (χ0n) is 12.9. The molecule has 122 valence electrons. The molecule has 0 unspecified atom stereocenters. The van der Waals surface area contributed by atoms with Gasteiger partial charge in [-0.05, 0) is 29.8 Å². The molecule has 0 saturated carbocycles. The second kappa shape index (κ2) is 7.83. The molecule has 1 aromatic heterocycles. The van der Waals surface area contributed by atoms with Crippen molar-refractivity contribution in [3.63, 3.8) is 0 Å². The lowest BCUT2D eigenvalue weighted by Gasteiger charge is -2.35. The van der Waals surface area contributed by atoms with E-state index in [0.29, 0.717) is 12.1 Å². The molecular formula is C17H21ClN4O. The predicted octanol–water partition coefficient (Wildman–Crippen LogP) is 1.98. The molecule has 0 aliphatic carbocycles.